The van der Waals surface area contributed by atoms with Crippen molar-refractivity contribution in [2.24, 2.45) is 0 Å². The van der Waals surface area contributed by atoms with Gasteiger partial charge in [0.05, 0.1) is 18.4 Å². The molecule has 2 unspecified atom stereocenters. The molecule has 96 valence electrons. The predicted octanol–water partition coefficient (Wildman–Crippen LogP) is 2.80. The fourth-order valence-corrected chi connectivity index (χ4v) is 2.85. The number of nitrogens with one attached hydrogen (secondary N) is 1. The summed E-state index contributed by atoms with van der Waals surface area (Å²) in [4.78, 5) is 0. The Morgan fingerprint density at radius 2 is 2.24 bits per heavy atom. The van der Waals surface area contributed by atoms with Crippen molar-refractivity contribution in [3.05, 3.63) is 23.7 Å². The molecule has 1 aromatic heterocycles. The highest BCUT2D eigenvalue weighted by atomic mass is 32.2. The summed E-state index contributed by atoms with van der Waals surface area (Å²) in [5, 5.41) is 3.53. The van der Waals surface area contributed by atoms with Gasteiger partial charge in [-0.05, 0) is 37.7 Å². The molecule has 0 aliphatic heterocycles. The van der Waals surface area contributed by atoms with Crippen LogP contribution in [0.1, 0.15) is 30.8 Å². The molecule has 4 heteroatoms. The van der Waals surface area contributed by atoms with Gasteiger partial charge in [0.2, 0.25) is 0 Å². The standard InChI is InChI=1S/C13H21NO2S/c1-15-13-5-3-4-12(13)14-8-10-6-7-11(16-10)9-17-2/h6-7,12-14H,3-5,8-9H2,1-2H3. The van der Waals surface area contributed by atoms with Gasteiger partial charge in [-0.25, -0.2) is 0 Å². The van der Waals surface area contributed by atoms with Crippen molar-refractivity contribution in [3.8, 4) is 0 Å². The molecule has 1 heterocycles. The van der Waals surface area contributed by atoms with Crippen molar-refractivity contribution in [2.75, 3.05) is 13.4 Å². The van der Waals surface area contributed by atoms with E-state index in [9.17, 15) is 0 Å². The summed E-state index contributed by atoms with van der Waals surface area (Å²) in [5.74, 6) is 3.03. The van der Waals surface area contributed by atoms with Crippen LogP contribution in [-0.2, 0) is 17.0 Å². The Balaban J connectivity index is 1.80. The summed E-state index contributed by atoms with van der Waals surface area (Å²) < 4.78 is 11.2. The number of thioether (sulfide) groups is 1. The van der Waals surface area contributed by atoms with Crippen molar-refractivity contribution in [2.45, 2.75) is 43.7 Å². The van der Waals surface area contributed by atoms with Gasteiger partial charge in [0, 0.05) is 13.2 Å². The normalized spacial score (nSPS) is 24.4. The lowest BCUT2D eigenvalue weighted by atomic mass is 10.2. The maximum atomic E-state index is 5.73. The molecular weight excluding hydrogens is 234 g/mol. The zero-order chi connectivity index (χ0) is 12.1. The van der Waals surface area contributed by atoms with E-state index in [4.69, 9.17) is 9.15 Å². The summed E-state index contributed by atoms with van der Waals surface area (Å²) in [7, 11) is 1.80. The molecule has 2 rings (SSSR count). The summed E-state index contributed by atoms with van der Waals surface area (Å²) in [6.45, 7) is 0.804. The average molecular weight is 255 g/mol. The molecule has 0 saturated heterocycles. The fraction of sp³-hybridized carbons (Fsp3) is 0.692. The van der Waals surface area contributed by atoms with Gasteiger partial charge in [0.25, 0.3) is 0 Å². The fourth-order valence-electron chi connectivity index (χ4n) is 2.41. The quantitative estimate of drug-likeness (QED) is 0.847. The Morgan fingerprint density at radius 1 is 1.41 bits per heavy atom. The highest BCUT2D eigenvalue weighted by Crippen LogP contribution is 2.22. The summed E-state index contributed by atoms with van der Waals surface area (Å²) >= 11 is 1.78. The molecule has 1 aliphatic rings. The Labute approximate surface area is 107 Å². The molecule has 0 spiro atoms. The van der Waals surface area contributed by atoms with Gasteiger partial charge in [0.1, 0.15) is 11.5 Å². The minimum atomic E-state index is 0.371. The Kier molecular flexibility index (Phi) is 4.95. The molecular formula is C13H21NO2S. The number of hydrogen-bond acceptors (Lipinski definition) is 4. The third kappa shape index (κ3) is 3.50. The third-order valence-electron chi connectivity index (χ3n) is 3.30. The smallest absolute Gasteiger partial charge is 0.118 e. The first kappa shape index (κ1) is 13.0. The third-order valence-corrected chi connectivity index (χ3v) is 3.87. The Morgan fingerprint density at radius 3 is 3.00 bits per heavy atom. The van der Waals surface area contributed by atoms with Crippen molar-refractivity contribution in [1.29, 1.82) is 0 Å². The minimum absolute atomic E-state index is 0.371. The zero-order valence-corrected chi connectivity index (χ0v) is 11.4. The number of methoxy groups -OCH3 is 1. The molecule has 0 bridgehead atoms. The van der Waals surface area contributed by atoms with Crippen LogP contribution < -0.4 is 5.32 Å². The monoisotopic (exact) mass is 255 g/mol. The van der Waals surface area contributed by atoms with Gasteiger partial charge >= 0.3 is 0 Å². The van der Waals surface area contributed by atoms with Gasteiger partial charge in [0.15, 0.2) is 0 Å². The van der Waals surface area contributed by atoms with Crippen LogP contribution >= 0.6 is 11.8 Å². The molecule has 17 heavy (non-hydrogen) atoms. The summed E-state index contributed by atoms with van der Waals surface area (Å²) in [6.07, 6.45) is 6.09. The topological polar surface area (TPSA) is 34.4 Å². The van der Waals surface area contributed by atoms with Crippen LogP contribution in [0.3, 0.4) is 0 Å². The molecule has 3 nitrogen and oxygen atoms in total. The number of ether oxygens (including phenoxy) is 1. The van der Waals surface area contributed by atoms with Gasteiger partial charge in [-0.2, -0.15) is 11.8 Å². The lowest BCUT2D eigenvalue weighted by Crippen LogP contribution is -2.36. The van der Waals surface area contributed by atoms with Crippen molar-refractivity contribution < 1.29 is 9.15 Å². The van der Waals surface area contributed by atoms with Gasteiger partial charge < -0.3 is 14.5 Å². The highest BCUT2D eigenvalue weighted by Gasteiger charge is 2.26. The average Bonchev–Trinajstić information content (AvgIpc) is 2.95. The highest BCUT2D eigenvalue weighted by molar-refractivity contribution is 7.97. The van der Waals surface area contributed by atoms with Gasteiger partial charge in [-0.3, -0.25) is 0 Å². The first-order valence-electron chi connectivity index (χ1n) is 6.16. The van der Waals surface area contributed by atoms with E-state index in [1.165, 1.54) is 19.3 Å². The van der Waals surface area contributed by atoms with Gasteiger partial charge in [-0.1, -0.05) is 0 Å². The van der Waals surface area contributed by atoms with E-state index in [0.717, 1.165) is 23.8 Å². The van der Waals surface area contributed by atoms with E-state index >= 15 is 0 Å². The molecule has 1 N–H and O–H groups in total. The second-order valence-electron chi connectivity index (χ2n) is 4.49. The zero-order valence-electron chi connectivity index (χ0n) is 10.6. The molecule has 1 saturated carbocycles. The van der Waals surface area contributed by atoms with E-state index in [2.05, 4.69) is 23.7 Å². The van der Waals surface area contributed by atoms with Crippen LogP contribution in [0.2, 0.25) is 0 Å². The maximum Gasteiger partial charge on any atom is 0.118 e. The van der Waals surface area contributed by atoms with Crippen LogP contribution in [0.5, 0.6) is 0 Å². The van der Waals surface area contributed by atoms with E-state index in [0.29, 0.717) is 12.1 Å². The molecule has 0 amide bonds. The molecule has 1 aliphatic carbocycles. The Hall–Kier alpha value is -0.450. The van der Waals surface area contributed by atoms with Crippen molar-refractivity contribution >= 4 is 11.8 Å². The molecule has 2 atom stereocenters. The second-order valence-corrected chi connectivity index (χ2v) is 5.36. The van der Waals surface area contributed by atoms with E-state index < -0.39 is 0 Å². The maximum absolute atomic E-state index is 5.73. The number of furan rings is 1. The molecule has 1 fully saturated rings. The number of hydrogen-bond donors (Lipinski definition) is 1. The lowest BCUT2D eigenvalue weighted by Gasteiger charge is -2.18. The minimum Gasteiger partial charge on any atom is -0.464 e. The SMILES string of the molecule is COC1CCCC1NCc1ccc(CSC)o1. The molecule has 0 radical (unpaired) electrons. The summed E-state index contributed by atoms with van der Waals surface area (Å²) in [6, 6.07) is 4.61. The van der Waals surface area contributed by atoms with Crippen molar-refractivity contribution in [3.63, 3.8) is 0 Å². The van der Waals surface area contributed by atoms with Crippen LogP contribution in [0.25, 0.3) is 0 Å². The second kappa shape index (κ2) is 6.47. The molecule has 1 aromatic rings. The van der Waals surface area contributed by atoms with Gasteiger partial charge in [-0.15, -0.1) is 0 Å². The lowest BCUT2D eigenvalue weighted by molar-refractivity contribution is 0.0841. The van der Waals surface area contributed by atoms with E-state index in [-0.39, 0.29) is 0 Å². The van der Waals surface area contributed by atoms with Crippen molar-refractivity contribution in [1.82, 2.24) is 5.32 Å². The van der Waals surface area contributed by atoms with Crippen LogP contribution in [0, 0.1) is 0 Å². The first-order chi connectivity index (χ1) is 8.33. The Bertz CT molecular complexity index is 340. The van der Waals surface area contributed by atoms with Crippen LogP contribution in [-0.4, -0.2) is 25.5 Å². The predicted molar refractivity (Wildman–Crippen MR) is 71.2 cm³/mol. The van der Waals surface area contributed by atoms with Crippen LogP contribution in [0.4, 0.5) is 0 Å². The summed E-state index contributed by atoms with van der Waals surface area (Å²) in [5.41, 5.74) is 0. The molecule has 0 aromatic carbocycles. The van der Waals surface area contributed by atoms with Crippen LogP contribution in [0.15, 0.2) is 16.5 Å². The van der Waals surface area contributed by atoms with E-state index in [1.54, 1.807) is 18.9 Å². The van der Waals surface area contributed by atoms with E-state index in [1.807, 2.05) is 0 Å². The first-order valence-corrected chi connectivity index (χ1v) is 7.55. The number of rotatable bonds is 6. The largest absolute Gasteiger partial charge is 0.464 e.